The minimum absolute atomic E-state index is 0.137. The van der Waals surface area contributed by atoms with Gasteiger partial charge in [-0.25, -0.2) is 0 Å². The van der Waals surface area contributed by atoms with Gasteiger partial charge in [0.2, 0.25) is 0 Å². The van der Waals surface area contributed by atoms with Crippen molar-refractivity contribution in [2.75, 3.05) is 13.2 Å². The molecule has 0 radical (unpaired) electrons. The number of nitrogens with one attached hydrogen (secondary N) is 1. The molecule has 0 spiro atoms. The summed E-state index contributed by atoms with van der Waals surface area (Å²) < 4.78 is 7.83. The molecule has 1 aromatic heterocycles. The maximum absolute atomic E-state index is 11.1. The molecule has 0 saturated carbocycles. The molecule has 0 fully saturated rings. The number of rotatable bonds is 6. The van der Waals surface area contributed by atoms with Gasteiger partial charge in [0.25, 0.3) is 0 Å². The Balaban J connectivity index is 2.00. The van der Waals surface area contributed by atoms with Crippen LogP contribution < -0.4 is 10.1 Å². The van der Waals surface area contributed by atoms with Crippen molar-refractivity contribution in [1.29, 1.82) is 0 Å². The lowest BCUT2D eigenvalue weighted by Gasteiger charge is -2.20. The van der Waals surface area contributed by atoms with Crippen molar-refractivity contribution in [1.82, 2.24) is 9.88 Å². The number of benzene rings is 1. The Morgan fingerprint density at radius 1 is 1.33 bits per heavy atom. The van der Waals surface area contributed by atoms with Gasteiger partial charge in [-0.2, -0.15) is 0 Å². The summed E-state index contributed by atoms with van der Waals surface area (Å²) in [4.78, 5) is 11.1. The van der Waals surface area contributed by atoms with E-state index >= 15 is 0 Å². The molecule has 2 aromatic rings. The van der Waals surface area contributed by atoms with E-state index in [9.17, 15) is 4.79 Å². The number of aldehydes is 1. The van der Waals surface area contributed by atoms with Gasteiger partial charge in [0.05, 0.1) is 12.1 Å². The normalized spacial score (nSPS) is 11.8. The Bertz CT molecular complexity index is 623. The Hall–Kier alpha value is -1.81. The second kappa shape index (κ2) is 6.31. The van der Waals surface area contributed by atoms with Gasteiger partial charge in [0.15, 0.2) is 12.2 Å². The van der Waals surface area contributed by atoms with Gasteiger partial charge in [-0.05, 0) is 39.8 Å². The Labute approximate surface area is 126 Å². The van der Waals surface area contributed by atoms with Crippen molar-refractivity contribution in [3.8, 4) is 5.88 Å². The van der Waals surface area contributed by atoms with Crippen molar-refractivity contribution < 1.29 is 9.53 Å². The summed E-state index contributed by atoms with van der Waals surface area (Å²) in [5.74, 6) is 0.801. The number of ether oxygens (including phenoxy) is 1. The highest BCUT2D eigenvalue weighted by Gasteiger charge is 2.10. The monoisotopic (exact) mass is 288 g/mol. The molecular weight excluding hydrogens is 264 g/mol. The highest BCUT2D eigenvalue weighted by atomic mass is 16.5. The molecule has 21 heavy (non-hydrogen) atoms. The molecule has 0 aliphatic rings. The van der Waals surface area contributed by atoms with Gasteiger partial charge in [-0.3, -0.25) is 4.79 Å². The molecule has 0 aliphatic heterocycles. The van der Waals surface area contributed by atoms with Crippen molar-refractivity contribution in [3.05, 3.63) is 29.8 Å². The maximum atomic E-state index is 11.1. The number of carbonyl (C=O) groups excluding carboxylic acids is 1. The van der Waals surface area contributed by atoms with E-state index in [-0.39, 0.29) is 5.54 Å². The third kappa shape index (κ3) is 3.85. The lowest BCUT2D eigenvalue weighted by atomic mass is 10.1. The van der Waals surface area contributed by atoms with Crippen LogP contribution in [0.3, 0.4) is 0 Å². The number of aromatic nitrogens is 1. The summed E-state index contributed by atoms with van der Waals surface area (Å²) in [6.45, 7) is 8.03. The highest BCUT2D eigenvalue weighted by Crippen LogP contribution is 2.26. The van der Waals surface area contributed by atoms with Crippen LogP contribution >= 0.6 is 0 Å². The van der Waals surface area contributed by atoms with Gasteiger partial charge < -0.3 is 14.6 Å². The molecule has 1 heterocycles. The van der Waals surface area contributed by atoms with Crippen LogP contribution in [0.15, 0.2) is 24.3 Å². The van der Waals surface area contributed by atoms with Crippen LogP contribution in [0, 0.1) is 0 Å². The molecule has 2 rings (SSSR count). The van der Waals surface area contributed by atoms with Crippen molar-refractivity contribution >= 4 is 17.2 Å². The van der Waals surface area contributed by atoms with Gasteiger partial charge >= 0.3 is 0 Å². The van der Waals surface area contributed by atoms with Crippen LogP contribution in [0.2, 0.25) is 0 Å². The molecule has 1 aromatic carbocycles. The fraction of sp³-hybridized carbons (Fsp3) is 0.471. The third-order valence-electron chi connectivity index (χ3n) is 3.43. The van der Waals surface area contributed by atoms with Crippen LogP contribution in [0.4, 0.5) is 0 Å². The second-order valence-electron chi connectivity index (χ2n) is 6.32. The molecule has 0 aliphatic carbocycles. The van der Waals surface area contributed by atoms with Gasteiger partial charge in [-0.1, -0.05) is 12.1 Å². The van der Waals surface area contributed by atoms with Crippen LogP contribution in [-0.4, -0.2) is 29.5 Å². The molecule has 0 amide bonds. The van der Waals surface area contributed by atoms with E-state index in [0.29, 0.717) is 12.2 Å². The first kappa shape index (κ1) is 15.6. The molecule has 0 saturated heterocycles. The Morgan fingerprint density at radius 2 is 2.10 bits per heavy atom. The summed E-state index contributed by atoms with van der Waals surface area (Å²) in [7, 11) is 1.96. The number of nitrogens with zero attached hydrogens (tertiary/aromatic N) is 1. The van der Waals surface area contributed by atoms with E-state index in [1.165, 1.54) is 0 Å². The minimum Gasteiger partial charge on any atom is -0.479 e. The molecule has 4 nitrogen and oxygen atoms in total. The zero-order chi connectivity index (χ0) is 15.5. The zero-order valence-corrected chi connectivity index (χ0v) is 13.3. The quantitative estimate of drug-likeness (QED) is 0.656. The predicted octanol–water partition coefficient (Wildman–Crippen LogP) is 3.15. The Kier molecular flexibility index (Phi) is 4.68. The number of aryl methyl sites for hydroxylation is 1. The fourth-order valence-electron chi connectivity index (χ4n) is 2.31. The van der Waals surface area contributed by atoms with E-state index in [2.05, 4.69) is 26.1 Å². The minimum atomic E-state index is 0.137. The zero-order valence-electron chi connectivity index (χ0n) is 13.3. The third-order valence-corrected chi connectivity index (χ3v) is 3.43. The number of fused-ring (bicyclic) bond motifs is 1. The van der Waals surface area contributed by atoms with Gasteiger partial charge in [-0.15, -0.1) is 0 Å². The molecular formula is C17H24N2O2. The van der Waals surface area contributed by atoms with E-state index in [1.54, 1.807) is 0 Å². The first-order chi connectivity index (χ1) is 9.92. The lowest BCUT2D eigenvalue weighted by Crippen LogP contribution is -2.36. The first-order valence-corrected chi connectivity index (χ1v) is 7.34. The van der Waals surface area contributed by atoms with Crippen LogP contribution in [0.5, 0.6) is 5.88 Å². The summed E-state index contributed by atoms with van der Waals surface area (Å²) in [5.41, 5.74) is 1.85. The van der Waals surface area contributed by atoms with Crippen molar-refractivity contribution in [2.45, 2.75) is 32.7 Å². The summed E-state index contributed by atoms with van der Waals surface area (Å²) in [6.07, 6.45) is 1.83. The van der Waals surface area contributed by atoms with Crippen LogP contribution in [0.25, 0.3) is 10.9 Å². The number of hydrogen-bond acceptors (Lipinski definition) is 3. The largest absolute Gasteiger partial charge is 0.479 e. The first-order valence-electron chi connectivity index (χ1n) is 7.34. The summed E-state index contributed by atoms with van der Waals surface area (Å²) in [6, 6.07) is 7.65. The molecule has 0 unspecified atom stereocenters. The van der Waals surface area contributed by atoms with E-state index in [1.807, 2.05) is 35.9 Å². The predicted molar refractivity (Wildman–Crippen MR) is 86.2 cm³/mol. The fourth-order valence-corrected chi connectivity index (χ4v) is 2.31. The average molecular weight is 288 g/mol. The van der Waals surface area contributed by atoms with Crippen LogP contribution in [0.1, 0.15) is 37.6 Å². The SMILES string of the molecule is Cn1c(OCCCNC(C)(C)C)cc2c(C=O)cccc21. The molecule has 0 bridgehead atoms. The standard InChI is InChI=1S/C17H24N2O2/c1-17(2,3)18-9-6-10-21-16-11-14-13(12-20)7-5-8-15(14)19(16)4/h5,7-8,11-12,18H,6,9-10H2,1-4H3. The van der Waals surface area contributed by atoms with E-state index in [4.69, 9.17) is 4.74 Å². The molecule has 114 valence electrons. The highest BCUT2D eigenvalue weighted by molar-refractivity contribution is 5.98. The van der Waals surface area contributed by atoms with Crippen molar-refractivity contribution in [3.63, 3.8) is 0 Å². The lowest BCUT2D eigenvalue weighted by molar-refractivity contribution is 0.112. The van der Waals surface area contributed by atoms with Gasteiger partial charge in [0.1, 0.15) is 0 Å². The number of hydrogen-bond donors (Lipinski definition) is 1. The van der Waals surface area contributed by atoms with Crippen molar-refractivity contribution in [2.24, 2.45) is 7.05 Å². The summed E-state index contributed by atoms with van der Waals surface area (Å²) in [5, 5.41) is 4.38. The molecule has 0 atom stereocenters. The van der Waals surface area contributed by atoms with Gasteiger partial charge in [0, 0.05) is 29.6 Å². The topological polar surface area (TPSA) is 43.3 Å². The molecule has 1 N–H and O–H groups in total. The maximum Gasteiger partial charge on any atom is 0.194 e. The second-order valence-corrected chi connectivity index (χ2v) is 6.32. The Morgan fingerprint density at radius 3 is 2.76 bits per heavy atom. The van der Waals surface area contributed by atoms with Crippen LogP contribution in [-0.2, 0) is 7.05 Å². The number of carbonyl (C=O) groups is 1. The average Bonchev–Trinajstić information content (AvgIpc) is 2.74. The van der Waals surface area contributed by atoms with E-state index < -0.39 is 0 Å². The smallest absolute Gasteiger partial charge is 0.194 e. The molecule has 4 heteroatoms. The van der Waals surface area contributed by atoms with E-state index in [0.717, 1.165) is 36.0 Å². The summed E-state index contributed by atoms with van der Waals surface area (Å²) >= 11 is 0.